The van der Waals surface area contributed by atoms with Crippen LogP contribution in [-0.2, 0) is 19.4 Å². The summed E-state index contributed by atoms with van der Waals surface area (Å²) in [5.74, 6) is -0.212. The van der Waals surface area contributed by atoms with Crippen LogP contribution in [0.15, 0.2) is 24.3 Å². The Morgan fingerprint density at radius 1 is 1.33 bits per heavy atom. The van der Waals surface area contributed by atoms with Crippen molar-refractivity contribution in [1.29, 1.82) is 0 Å². The third kappa shape index (κ3) is 5.38. The zero-order valence-electron chi connectivity index (χ0n) is 13.2. The lowest BCUT2D eigenvalue weighted by atomic mass is 10.2. The van der Waals surface area contributed by atoms with Gasteiger partial charge in [-0.15, -0.1) is 0 Å². The predicted molar refractivity (Wildman–Crippen MR) is 89.8 cm³/mol. The molecule has 1 aliphatic heterocycles. The molecule has 0 saturated carbocycles. The Labute approximate surface area is 145 Å². The number of hydrogen-bond donors (Lipinski definition) is 1. The molecule has 0 aliphatic carbocycles. The van der Waals surface area contributed by atoms with E-state index in [2.05, 4.69) is 5.32 Å². The van der Waals surface area contributed by atoms with Gasteiger partial charge in [-0.2, -0.15) is 0 Å². The van der Waals surface area contributed by atoms with Gasteiger partial charge in [0.2, 0.25) is 5.91 Å². The minimum absolute atomic E-state index is 0.0249. The van der Waals surface area contributed by atoms with Crippen molar-refractivity contribution in [2.75, 3.05) is 31.7 Å². The average molecular weight is 375 g/mol. The van der Waals surface area contributed by atoms with Crippen LogP contribution in [0.25, 0.3) is 0 Å². The van der Waals surface area contributed by atoms with Gasteiger partial charge < -0.3 is 15.0 Å². The highest BCUT2D eigenvalue weighted by molar-refractivity contribution is 7.91. The number of halogens is 1. The largest absolute Gasteiger partial charge is 0.484 e. The van der Waals surface area contributed by atoms with Crippen molar-refractivity contribution in [2.24, 2.45) is 0 Å². The quantitative estimate of drug-likeness (QED) is 0.781. The number of rotatable bonds is 6. The van der Waals surface area contributed by atoms with Gasteiger partial charge in [0.25, 0.3) is 5.91 Å². The monoisotopic (exact) mass is 374 g/mol. The van der Waals surface area contributed by atoms with Crippen molar-refractivity contribution in [3.8, 4) is 5.75 Å². The molecule has 1 aliphatic rings. The zero-order valence-corrected chi connectivity index (χ0v) is 14.8. The lowest BCUT2D eigenvalue weighted by molar-refractivity contribution is -0.133. The van der Waals surface area contributed by atoms with E-state index in [-0.39, 0.29) is 36.6 Å². The van der Waals surface area contributed by atoms with Gasteiger partial charge in [0.15, 0.2) is 16.4 Å². The molecular formula is C15H19ClN2O5S. The van der Waals surface area contributed by atoms with Crippen molar-refractivity contribution < 1.29 is 22.7 Å². The van der Waals surface area contributed by atoms with Crippen LogP contribution < -0.4 is 10.1 Å². The fraction of sp³-hybridized carbons (Fsp3) is 0.467. The third-order valence-corrected chi connectivity index (χ3v) is 5.77. The maximum Gasteiger partial charge on any atom is 0.258 e. The van der Waals surface area contributed by atoms with Crippen molar-refractivity contribution in [2.45, 2.75) is 12.5 Å². The Hall–Kier alpha value is -1.80. The number of amides is 2. The molecular weight excluding hydrogens is 356 g/mol. The van der Waals surface area contributed by atoms with Crippen LogP contribution in [0.5, 0.6) is 5.75 Å². The van der Waals surface area contributed by atoms with Crippen LogP contribution >= 0.6 is 11.6 Å². The zero-order chi connectivity index (χ0) is 17.7. The molecule has 1 heterocycles. The van der Waals surface area contributed by atoms with Gasteiger partial charge in [-0.1, -0.05) is 11.6 Å². The number of likely N-dealkylation sites (N-methyl/N-ethyl adjacent to an activating group) is 1. The predicted octanol–water partition coefficient (Wildman–Crippen LogP) is 0.481. The first-order valence-corrected chi connectivity index (χ1v) is 9.58. The molecule has 2 rings (SSSR count). The SMILES string of the molecule is CN(C(=O)CNC(=O)COc1ccc(Cl)cc1)C1CCS(=O)(=O)C1. The first-order chi connectivity index (χ1) is 11.3. The van der Waals surface area contributed by atoms with Gasteiger partial charge in [0, 0.05) is 18.1 Å². The smallest absolute Gasteiger partial charge is 0.258 e. The summed E-state index contributed by atoms with van der Waals surface area (Å²) in [6, 6.07) is 6.22. The molecule has 1 atom stereocenters. The Bertz CT molecular complexity index is 705. The molecule has 24 heavy (non-hydrogen) atoms. The number of benzene rings is 1. The normalized spacial score (nSPS) is 18.8. The molecule has 0 spiro atoms. The average Bonchev–Trinajstić information content (AvgIpc) is 2.91. The van der Waals surface area contributed by atoms with E-state index in [1.807, 2.05) is 0 Å². The summed E-state index contributed by atoms with van der Waals surface area (Å²) in [7, 11) is -1.51. The van der Waals surface area contributed by atoms with Crippen LogP contribution in [0.4, 0.5) is 0 Å². The molecule has 1 unspecified atom stereocenters. The van der Waals surface area contributed by atoms with Crippen molar-refractivity contribution in [3.63, 3.8) is 0 Å². The van der Waals surface area contributed by atoms with E-state index in [0.717, 1.165) is 0 Å². The molecule has 7 nitrogen and oxygen atoms in total. The van der Waals surface area contributed by atoms with Gasteiger partial charge in [-0.3, -0.25) is 9.59 Å². The van der Waals surface area contributed by atoms with E-state index in [1.54, 1.807) is 31.3 Å². The highest BCUT2D eigenvalue weighted by Crippen LogP contribution is 2.16. The summed E-state index contributed by atoms with van der Waals surface area (Å²) in [5.41, 5.74) is 0. The summed E-state index contributed by atoms with van der Waals surface area (Å²) in [5, 5.41) is 3.02. The van der Waals surface area contributed by atoms with Crippen molar-refractivity contribution >= 4 is 33.3 Å². The Morgan fingerprint density at radius 2 is 2.00 bits per heavy atom. The molecule has 2 amide bonds. The van der Waals surface area contributed by atoms with Gasteiger partial charge >= 0.3 is 0 Å². The number of hydrogen-bond acceptors (Lipinski definition) is 5. The van der Waals surface area contributed by atoms with Crippen molar-refractivity contribution in [1.82, 2.24) is 10.2 Å². The van der Waals surface area contributed by atoms with E-state index in [9.17, 15) is 18.0 Å². The topological polar surface area (TPSA) is 92.8 Å². The van der Waals surface area contributed by atoms with E-state index in [4.69, 9.17) is 16.3 Å². The van der Waals surface area contributed by atoms with Crippen LogP contribution in [0, 0.1) is 0 Å². The van der Waals surface area contributed by atoms with Gasteiger partial charge in [0.05, 0.1) is 18.1 Å². The molecule has 0 aromatic heterocycles. The second-order valence-electron chi connectivity index (χ2n) is 5.58. The summed E-state index contributed by atoms with van der Waals surface area (Å²) >= 11 is 5.75. The number of nitrogens with one attached hydrogen (secondary N) is 1. The molecule has 1 aromatic carbocycles. The first-order valence-electron chi connectivity index (χ1n) is 7.38. The maximum atomic E-state index is 12.0. The molecule has 1 fully saturated rings. The Kier molecular flexibility index (Phi) is 6.06. The molecule has 0 bridgehead atoms. The lowest BCUT2D eigenvalue weighted by Crippen LogP contribution is -2.44. The molecule has 132 valence electrons. The van der Waals surface area contributed by atoms with Crippen LogP contribution in [0.2, 0.25) is 5.02 Å². The molecule has 1 saturated heterocycles. The number of sulfone groups is 1. The number of carbonyl (C=O) groups is 2. The first kappa shape index (κ1) is 18.5. The van der Waals surface area contributed by atoms with Crippen molar-refractivity contribution in [3.05, 3.63) is 29.3 Å². The van der Waals surface area contributed by atoms with Gasteiger partial charge in [0.1, 0.15) is 5.75 Å². The highest BCUT2D eigenvalue weighted by Gasteiger charge is 2.32. The lowest BCUT2D eigenvalue weighted by Gasteiger charge is -2.23. The third-order valence-electron chi connectivity index (χ3n) is 3.77. The summed E-state index contributed by atoms with van der Waals surface area (Å²) < 4.78 is 28.2. The fourth-order valence-corrected chi connectivity index (χ4v) is 4.21. The number of ether oxygens (including phenoxy) is 1. The Balaban J connectivity index is 1.72. The summed E-state index contributed by atoms with van der Waals surface area (Å²) in [6.45, 7) is -0.424. The molecule has 1 N–H and O–H groups in total. The van der Waals surface area contributed by atoms with E-state index in [0.29, 0.717) is 17.2 Å². The van der Waals surface area contributed by atoms with E-state index < -0.39 is 15.7 Å². The van der Waals surface area contributed by atoms with Gasteiger partial charge in [-0.25, -0.2) is 8.42 Å². The van der Waals surface area contributed by atoms with Crippen LogP contribution in [-0.4, -0.2) is 62.9 Å². The second-order valence-corrected chi connectivity index (χ2v) is 8.25. The standard InChI is InChI=1S/C15H19ClN2O5S/c1-18(12-6-7-24(21,22)10-12)15(20)8-17-14(19)9-23-13-4-2-11(16)3-5-13/h2-5,12H,6-10H2,1H3,(H,17,19). The minimum Gasteiger partial charge on any atom is -0.484 e. The molecule has 0 radical (unpaired) electrons. The Morgan fingerprint density at radius 3 is 2.58 bits per heavy atom. The summed E-state index contributed by atoms with van der Waals surface area (Å²) in [4.78, 5) is 25.1. The second kappa shape index (κ2) is 7.85. The minimum atomic E-state index is -3.06. The van der Waals surface area contributed by atoms with E-state index >= 15 is 0 Å². The maximum absolute atomic E-state index is 12.0. The van der Waals surface area contributed by atoms with E-state index in [1.165, 1.54) is 4.90 Å². The van der Waals surface area contributed by atoms with Crippen LogP contribution in [0.3, 0.4) is 0 Å². The highest BCUT2D eigenvalue weighted by atomic mass is 35.5. The molecule has 1 aromatic rings. The summed E-state index contributed by atoms with van der Waals surface area (Å²) in [6.07, 6.45) is 0.429. The number of carbonyl (C=O) groups excluding carboxylic acids is 2. The number of nitrogens with zero attached hydrogens (tertiary/aromatic N) is 1. The van der Waals surface area contributed by atoms with Crippen LogP contribution in [0.1, 0.15) is 6.42 Å². The van der Waals surface area contributed by atoms with Gasteiger partial charge in [-0.05, 0) is 30.7 Å². The molecule has 9 heteroatoms. The fourth-order valence-electron chi connectivity index (χ4n) is 2.31.